The maximum absolute atomic E-state index is 12.2. The number of halogens is 3. The second kappa shape index (κ2) is 3.28. The molecule has 0 radical (unpaired) electrons. The van der Waals surface area contributed by atoms with Gasteiger partial charge in [-0.3, -0.25) is 0 Å². The number of aromatic nitrogens is 1. The number of carboxylic acid groups (broad SMARTS) is 1. The van der Waals surface area contributed by atoms with Gasteiger partial charge in [0.2, 0.25) is 0 Å². The number of aromatic carboxylic acids is 1. The Morgan fingerprint density at radius 2 is 2.00 bits per heavy atom. The summed E-state index contributed by atoms with van der Waals surface area (Å²) in [5, 5.41) is 10.3. The molecular weight excluding hydrogens is 199 g/mol. The monoisotopic (exact) mass is 204 g/mol. The summed E-state index contributed by atoms with van der Waals surface area (Å²) in [6.45, 7) is 1.34. The lowest BCUT2D eigenvalue weighted by Gasteiger charge is -2.12. The fraction of sp³-hybridized carbons (Fsp3) is 0.250. The molecule has 1 aromatic rings. The molecule has 1 aromatic heterocycles. The zero-order chi connectivity index (χ0) is 10.9. The highest BCUT2D eigenvalue weighted by Crippen LogP contribution is 2.30. The van der Waals surface area contributed by atoms with Crippen LogP contribution in [0.4, 0.5) is 13.2 Å². The predicted molar refractivity (Wildman–Crippen MR) is 38.3 cm³/mol. The van der Waals surface area contributed by atoms with E-state index < -0.39 is 23.4 Å². The molecule has 0 unspecified atom stereocenters. The Hall–Kier alpha value is -1.59. The smallest absolute Gasteiger partial charge is 0.434 e. The molecule has 0 aliphatic rings. The molecule has 14 heavy (non-hydrogen) atoms. The summed E-state index contributed by atoms with van der Waals surface area (Å²) < 4.78 is 36.7. The third kappa shape index (κ3) is 2.01. The summed E-state index contributed by atoms with van der Waals surface area (Å²) in [5.41, 5.74) is -2.26. The predicted octanol–water partition coefficient (Wildman–Crippen LogP) is 0.772. The number of carbonyl (C=O) groups is 1. The van der Waals surface area contributed by atoms with E-state index in [1.165, 1.54) is 13.0 Å². The first-order valence-electron chi connectivity index (χ1n) is 3.58. The summed E-state index contributed by atoms with van der Waals surface area (Å²) in [6.07, 6.45) is -4.78. The summed E-state index contributed by atoms with van der Waals surface area (Å²) in [6, 6.07) is 2.01. The summed E-state index contributed by atoms with van der Waals surface area (Å²) in [7, 11) is 0. The van der Waals surface area contributed by atoms with Crippen molar-refractivity contribution in [1.29, 1.82) is 0 Å². The van der Waals surface area contributed by atoms with E-state index in [2.05, 4.69) is 4.98 Å². The van der Waals surface area contributed by atoms with E-state index in [4.69, 9.17) is 0 Å². The maximum atomic E-state index is 12.2. The lowest BCUT2D eigenvalue weighted by atomic mass is 10.1. The van der Waals surface area contributed by atoms with Gasteiger partial charge in [-0.05, 0) is 19.1 Å². The van der Waals surface area contributed by atoms with Crippen molar-refractivity contribution < 1.29 is 23.1 Å². The lowest BCUT2D eigenvalue weighted by molar-refractivity contribution is -0.255. The van der Waals surface area contributed by atoms with Crippen LogP contribution < -0.4 is 5.11 Å². The fourth-order valence-corrected chi connectivity index (χ4v) is 0.938. The maximum Gasteiger partial charge on any atom is 0.434 e. The van der Waals surface area contributed by atoms with Crippen LogP contribution in [-0.4, -0.2) is 11.0 Å². The van der Waals surface area contributed by atoms with Gasteiger partial charge in [-0.25, -0.2) is 4.98 Å². The molecule has 6 heteroatoms. The Kier molecular flexibility index (Phi) is 2.46. The molecule has 1 heterocycles. The number of nitrogens with zero attached hydrogens (tertiary/aromatic N) is 1. The van der Waals surface area contributed by atoms with Crippen molar-refractivity contribution in [2.45, 2.75) is 13.1 Å². The lowest BCUT2D eigenvalue weighted by Crippen LogP contribution is -2.27. The Labute approximate surface area is 77.2 Å². The number of rotatable bonds is 1. The third-order valence-electron chi connectivity index (χ3n) is 1.52. The minimum absolute atomic E-state index is 0.0994. The van der Waals surface area contributed by atoms with Crippen molar-refractivity contribution >= 4 is 5.97 Å². The second-order valence-electron chi connectivity index (χ2n) is 2.63. The van der Waals surface area contributed by atoms with Gasteiger partial charge in [0, 0.05) is 11.3 Å². The molecule has 1 rings (SSSR count). The molecule has 0 atom stereocenters. The first kappa shape index (κ1) is 10.5. The van der Waals surface area contributed by atoms with Crippen molar-refractivity contribution in [3.8, 4) is 0 Å². The van der Waals surface area contributed by atoms with E-state index in [9.17, 15) is 23.1 Å². The molecule has 0 amide bonds. The molecule has 0 N–H and O–H groups in total. The van der Waals surface area contributed by atoms with Crippen molar-refractivity contribution in [1.82, 2.24) is 4.98 Å². The van der Waals surface area contributed by atoms with Crippen LogP contribution >= 0.6 is 0 Å². The van der Waals surface area contributed by atoms with Crippen molar-refractivity contribution in [3.63, 3.8) is 0 Å². The van der Waals surface area contributed by atoms with E-state index in [-0.39, 0.29) is 5.69 Å². The number of pyridine rings is 1. The molecule has 0 bridgehead atoms. The van der Waals surface area contributed by atoms with Gasteiger partial charge in [0.25, 0.3) is 0 Å². The van der Waals surface area contributed by atoms with Crippen molar-refractivity contribution in [2.75, 3.05) is 0 Å². The Balaban J connectivity index is 3.38. The SMILES string of the molecule is Cc1ccc(C(=O)[O-])c(C(F)(F)F)n1. The van der Waals surface area contributed by atoms with Crippen LogP contribution in [0.5, 0.6) is 0 Å². The first-order valence-corrected chi connectivity index (χ1v) is 3.58. The van der Waals surface area contributed by atoms with E-state index >= 15 is 0 Å². The summed E-state index contributed by atoms with van der Waals surface area (Å²) in [5.74, 6) is -1.88. The van der Waals surface area contributed by atoms with Crippen LogP contribution in [0, 0.1) is 6.92 Å². The van der Waals surface area contributed by atoms with Gasteiger partial charge < -0.3 is 9.90 Å². The molecule has 76 valence electrons. The molecule has 0 fully saturated rings. The third-order valence-corrected chi connectivity index (χ3v) is 1.52. The highest BCUT2D eigenvalue weighted by Gasteiger charge is 2.35. The average molecular weight is 204 g/mol. The number of alkyl halides is 3. The van der Waals surface area contributed by atoms with Gasteiger partial charge in [0.1, 0.15) is 0 Å². The standard InChI is InChI=1S/C8H6F3NO2/c1-4-2-3-5(7(13)14)6(12-4)8(9,10)11/h2-3H,1H3,(H,13,14)/p-1. The van der Waals surface area contributed by atoms with E-state index in [1.807, 2.05) is 0 Å². The van der Waals surface area contributed by atoms with Crippen molar-refractivity contribution in [3.05, 3.63) is 29.1 Å². The van der Waals surface area contributed by atoms with Gasteiger partial charge >= 0.3 is 6.18 Å². The molecular formula is C8H5F3NO2-. The number of hydrogen-bond donors (Lipinski definition) is 0. The van der Waals surface area contributed by atoms with Crippen LogP contribution in [0.1, 0.15) is 21.7 Å². The largest absolute Gasteiger partial charge is 0.545 e. The first-order chi connectivity index (χ1) is 6.32. The highest BCUT2D eigenvalue weighted by atomic mass is 19.4. The molecule has 0 saturated carbocycles. The van der Waals surface area contributed by atoms with Gasteiger partial charge in [0.05, 0.1) is 5.97 Å². The minimum Gasteiger partial charge on any atom is -0.545 e. The topological polar surface area (TPSA) is 53.0 Å². The van der Waals surface area contributed by atoms with Crippen LogP contribution in [0.15, 0.2) is 12.1 Å². The van der Waals surface area contributed by atoms with E-state index in [1.54, 1.807) is 0 Å². The molecule has 0 spiro atoms. The van der Waals surface area contributed by atoms with Gasteiger partial charge in [0.15, 0.2) is 5.69 Å². The molecule has 0 aliphatic carbocycles. The quantitative estimate of drug-likeness (QED) is 0.678. The van der Waals surface area contributed by atoms with Crippen LogP contribution in [-0.2, 0) is 6.18 Å². The molecule has 3 nitrogen and oxygen atoms in total. The van der Waals surface area contributed by atoms with E-state index in [0.29, 0.717) is 0 Å². The fourth-order valence-electron chi connectivity index (χ4n) is 0.938. The number of carboxylic acids is 1. The zero-order valence-electron chi connectivity index (χ0n) is 7.05. The van der Waals surface area contributed by atoms with Gasteiger partial charge in [-0.15, -0.1) is 0 Å². The molecule has 0 aliphatic heterocycles. The molecule has 0 saturated heterocycles. The Bertz CT molecular complexity index is 373. The number of aryl methyl sites for hydroxylation is 1. The minimum atomic E-state index is -4.78. The number of hydrogen-bond acceptors (Lipinski definition) is 3. The van der Waals surface area contributed by atoms with Gasteiger partial charge in [-0.2, -0.15) is 13.2 Å². The number of carbonyl (C=O) groups excluding carboxylic acids is 1. The average Bonchev–Trinajstić information content (AvgIpc) is 2.01. The molecule has 0 aromatic carbocycles. The normalized spacial score (nSPS) is 11.4. The second-order valence-corrected chi connectivity index (χ2v) is 2.63. The van der Waals surface area contributed by atoms with Crippen LogP contribution in [0.25, 0.3) is 0 Å². The van der Waals surface area contributed by atoms with Crippen LogP contribution in [0.2, 0.25) is 0 Å². The summed E-state index contributed by atoms with van der Waals surface area (Å²) >= 11 is 0. The Morgan fingerprint density at radius 3 is 2.43 bits per heavy atom. The highest BCUT2D eigenvalue weighted by molar-refractivity contribution is 5.87. The Morgan fingerprint density at radius 1 is 1.43 bits per heavy atom. The summed E-state index contributed by atoms with van der Waals surface area (Å²) in [4.78, 5) is 13.4. The van der Waals surface area contributed by atoms with Gasteiger partial charge in [-0.1, -0.05) is 0 Å². The van der Waals surface area contributed by atoms with Crippen LogP contribution in [0.3, 0.4) is 0 Å². The van der Waals surface area contributed by atoms with Crippen molar-refractivity contribution in [2.24, 2.45) is 0 Å². The zero-order valence-corrected chi connectivity index (χ0v) is 7.05. The van der Waals surface area contributed by atoms with E-state index in [0.717, 1.165) is 6.07 Å².